The molecule has 1 atom stereocenters. The van der Waals surface area contributed by atoms with E-state index in [9.17, 15) is 18.0 Å². The maximum Gasteiger partial charge on any atom is 0.433 e. The zero-order valence-electron chi connectivity index (χ0n) is 18.4. The Labute approximate surface area is 193 Å². The third kappa shape index (κ3) is 4.54. The van der Waals surface area contributed by atoms with Crippen molar-refractivity contribution in [3.8, 4) is 11.5 Å². The highest BCUT2D eigenvalue weighted by Gasteiger charge is 2.32. The van der Waals surface area contributed by atoms with Crippen LogP contribution in [0.5, 0.6) is 11.5 Å². The van der Waals surface area contributed by atoms with Gasteiger partial charge in [0.15, 0.2) is 11.5 Å². The van der Waals surface area contributed by atoms with E-state index in [1.807, 2.05) is 42.6 Å². The molecule has 0 aliphatic carbocycles. The van der Waals surface area contributed by atoms with E-state index in [4.69, 9.17) is 9.47 Å². The molecule has 2 aromatic carbocycles. The maximum absolute atomic E-state index is 12.8. The normalized spacial score (nSPS) is 12.4. The van der Waals surface area contributed by atoms with Crippen molar-refractivity contribution < 1.29 is 27.4 Å². The molecular weight excluding hydrogens is 447 g/mol. The predicted octanol–water partition coefficient (Wildman–Crippen LogP) is 5.16. The van der Waals surface area contributed by atoms with Crippen LogP contribution in [0.3, 0.4) is 0 Å². The van der Waals surface area contributed by atoms with Crippen LogP contribution < -0.4 is 14.8 Å². The number of halogens is 3. The summed E-state index contributed by atoms with van der Waals surface area (Å²) < 4.78 is 49.5. The fourth-order valence-electron chi connectivity index (χ4n) is 3.95. The summed E-state index contributed by atoms with van der Waals surface area (Å²) in [5, 5.41) is 3.80. The van der Waals surface area contributed by atoms with Gasteiger partial charge in [0.2, 0.25) is 0 Å². The fourth-order valence-corrected chi connectivity index (χ4v) is 3.95. The number of para-hydroxylation sites is 2. The number of amides is 1. The third-order valence-corrected chi connectivity index (χ3v) is 5.59. The number of alkyl halides is 3. The molecule has 6 nitrogen and oxygen atoms in total. The molecule has 0 radical (unpaired) electrons. The molecule has 0 fully saturated rings. The van der Waals surface area contributed by atoms with Gasteiger partial charge >= 0.3 is 6.18 Å². The zero-order valence-corrected chi connectivity index (χ0v) is 18.4. The summed E-state index contributed by atoms with van der Waals surface area (Å²) in [6.07, 6.45) is -1.77. The van der Waals surface area contributed by atoms with Crippen LogP contribution in [0.4, 0.5) is 13.2 Å². The van der Waals surface area contributed by atoms with E-state index in [0.717, 1.165) is 40.4 Å². The number of aromatic amines is 1. The summed E-state index contributed by atoms with van der Waals surface area (Å²) in [6.45, 7) is 0.158. The summed E-state index contributed by atoms with van der Waals surface area (Å²) in [6, 6.07) is 15.2. The SMILES string of the molecule is COc1cccc(C(CNC(=O)c2ccc(C(F)(F)F)nc2)c2c[nH]c3ccccc23)c1OC. The standard InChI is InChI=1S/C25H22F3N3O3/c1-33-21-9-5-7-17(23(21)34-2)19(18-13-29-20-8-4-3-6-16(18)20)14-31-24(32)15-10-11-22(30-12-15)25(26,27)28/h3-13,19,29H,14H2,1-2H3,(H,31,32). The molecule has 0 bridgehead atoms. The first-order chi connectivity index (χ1) is 16.3. The molecule has 0 saturated carbocycles. The van der Waals surface area contributed by atoms with Crippen molar-refractivity contribution in [3.05, 3.63) is 89.4 Å². The van der Waals surface area contributed by atoms with E-state index >= 15 is 0 Å². The van der Waals surface area contributed by atoms with Crippen LogP contribution in [0, 0.1) is 0 Å². The van der Waals surface area contributed by atoms with E-state index < -0.39 is 17.8 Å². The number of pyridine rings is 1. The van der Waals surface area contributed by atoms with Crippen molar-refractivity contribution in [2.24, 2.45) is 0 Å². The monoisotopic (exact) mass is 469 g/mol. The second kappa shape index (κ2) is 9.46. The highest BCUT2D eigenvalue weighted by Crippen LogP contribution is 2.40. The number of aromatic nitrogens is 2. The zero-order chi connectivity index (χ0) is 24.3. The number of carbonyl (C=O) groups excluding carboxylic acids is 1. The number of carbonyl (C=O) groups is 1. The molecule has 0 aliphatic heterocycles. The molecule has 2 N–H and O–H groups in total. The maximum atomic E-state index is 12.8. The molecule has 0 saturated heterocycles. The molecule has 9 heteroatoms. The van der Waals surface area contributed by atoms with Crippen molar-refractivity contribution in [2.75, 3.05) is 20.8 Å². The largest absolute Gasteiger partial charge is 0.493 e. The number of rotatable bonds is 7. The van der Waals surface area contributed by atoms with Crippen LogP contribution >= 0.6 is 0 Å². The van der Waals surface area contributed by atoms with Crippen LogP contribution in [0.15, 0.2) is 67.0 Å². The minimum absolute atomic E-state index is 0.0308. The van der Waals surface area contributed by atoms with E-state index in [1.54, 1.807) is 20.3 Å². The highest BCUT2D eigenvalue weighted by atomic mass is 19.4. The number of methoxy groups -OCH3 is 2. The van der Waals surface area contributed by atoms with Crippen molar-refractivity contribution in [3.63, 3.8) is 0 Å². The Kier molecular flexibility index (Phi) is 6.45. The molecule has 1 unspecified atom stereocenters. The Morgan fingerprint density at radius 2 is 1.82 bits per heavy atom. The number of benzene rings is 2. The van der Waals surface area contributed by atoms with E-state index in [-0.39, 0.29) is 18.0 Å². The van der Waals surface area contributed by atoms with Gasteiger partial charge in [-0.2, -0.15) is 13.2 Å². The lowest BCUT2D eigenvalue weighted by Gasteiger charge is -2.22. The number of nitrogens with zero attached hydrogens (tertiary/aromatic N) is 1. The second-order valence-corrected chi connectivity index (χ2v) is 7.56. The number of nitrogens with one attached hydrogen (secondary N) is 2. The minimum Gasteiger partial charge on any atom is -0.493 e. The van der Waals surface area contributed by atoms with Crippen LogP contribution in [0.1, 0.15) is 33.1 Å². The molecule has 0 aliphatic rings. The Morgan fingerprint density at radius 3 is 2.50 bits per heavy atom. The number of fused-ring (bicyclic) bond motifs is 1. The van der Waals surface area contributed by atoms with Crippen molar-refractivity contribution >= 4 is 16.8 Å². The van der Waals surface area contributed by atoms with Gasteiger partial charge in [0, 0.05) is 41.3 Å². The van der Waals surface area contributed by atoms with Crippen LogP contribution in [-0.2, 0) is 6.18 Å². The summed E-state index contributed by atoms with van der Waals surface area (Å²) in [7, 11) is 3.09. The van der Waals surface area contributed by atoms with Gasteiger partial charge in [0.1, 0.15) is 5.69 Å². The second-order valence-electron chi connectivity index (χ2n) is 7.56. The summed E-state index contributed by atoms with van der Waals surface area (Å²) in [5.74, 6) is 0.203. The van der Waals surface area contributed by atoms with Crippen molar-refractivity contribution in [1.82, 2.24) is 15.3 Å². The first kappa shape index (κ1) is 23.2. The Morgan fingerprint density at radius 1 is 1.03 bits per heavy atom. The number of hydrogen-bond acceptors (Lipinski definition) is 4. The van der Waals surface area contributed by atoms with Crippen molar-refractivity contribution in [1.29, 1.82) is 0 Å². The lowest BCUT2D eigenvalue weighted by molar-refractivity contribution is -0.141. The minimum atomic E-state index is -4.57. The smallest absolute Gasteiger partial charge is 0.433 e. The first-order valence-electron chi connectivity index (χ1n) is 10.4. The fraction of sp³-hybridized carbons (Fsp3) is 0.200. The molecule has 0 spiro atoms. The molecule has 4 aromatic rings. The van der Waals surface area contributed by atoms with Crippen LogP contribution in [0.2, 0.25) is 0 Å². The van der Waals surface area contributed by atoms with Gasteiger partial charge in [-0.25, -0.2) is 0 Å². The first-order valence-corrected chi connectivity index (χ1v) is 10.4. The quantitative estimate of drug-likeness (QED) is 0.392. The molecule has 2 aromatic heterocycles. The van der Waals surface area contributed by atoms with Crippen LogP contribution in [-0.4, -0.2) is 36.6 Å². The van der Waals surface area contributed by atoms with E-state index in [0.29, 0.717) is 11.5 Å². The van der Waals surface area contributed by atoms with Gasteiger partial charge in [0.25, 0.3) is 5.91 Å². The topological polar surface area (TPSA) is 76.2 Å². The summed E-state index contributed by atoms with van der Waals surface area (Å²) in [4.78, 5) is 19.4. The molecule has 4 rings (SSSR count). The molecule has 1 amide bonds. The molecule has 176 valence electrons. The van der Waals surface area contributed by atoms with Gasteiger partial charge in [-0.3, -0.25) is 9.78 Å². The number of H-pyrrole nitrogens is 1. The lowest BCUT2D eigenvalue weighted by Crippen LogP contribution is -2.29. The van der Waals surface area contributed by atoms with E-state index in [2.05, 4.69) is 15.3 Å². The third-order valence-electron chi connectivity index (χ3n) is 5.59. The molecule has 34 heavy (non-hydrogen) atoms. The van der Waals surface area contributed by atoms with Gasteiger partial charge in [-0.05, 0) is 29.8 Å². The lowest BCUT2D eigenvalue weighted by atomic mass is 9.89. The predicted molar refractivity (Wildman–Crippen MR) is 121 cm³/mol. The molecular formula is C25H22F3N3O3. The number of hydrogen-bond donors (Lipinski definition) is 2. The Hall–Kier alpha value is -4.01. The summed E-state index contributed by atoms with van der Waals surface area (Å²) in [5.41, 5.74) is 1.62. The average molecular weight is 469 g/mol. The highest BCUT2D eigenvalue weighted by molar-refractivity contribution is 5.94. The van der Waals surface area contributed by atoms with Gasteiger partial charge in [-0.15, -0.1) is 0 Å². The van der Waals surface area contributed by atoms with E-state index in [1.165, 1.54) is 0 Å². The van der Waals surface area contributed by atoms with Crippen molar-refractivity contribution in [2.45, 2.75) is 12.1 Å². The average Bonchev–Trinajstić information content (AvgIpc) is 3.27. The van der Waals surface area contributed by atoms with Gasteiger partial charge in [0.05, 0.1) is 19.8 Å². The Balaban J connectivity index is 1.68. The summed E-state index contributed by atoms with van der Waals surface area (Å²) >= 11 is 0. The number of ether oxygens (including phenoxy) is 2. The molecule has 2 heterocycles. The Bertz CT molecular complexity index is 1300. The van der Waals surface area contributed by atoms with Gasteiger partial charge in [-0.1, -0.05) is 30.3 Å². The van der Waals surface area contributed by atoms with Crippen LogP contribution in [0.25, 0.3) is 10.9 Å². The van der Waals surface area contributed by atoms with Gasteiger partial charge < -0.3 is 19.8 Å².